The Bertz CT molecular complexity index is 354. The van der Waals surface area contributed by atoms with E-state index >= 15 is 0 Å². The third-order valence-electron chi connectivity index (χ3n) is 4.20. The number of piperidine rings is 1. The second kappa shape index (κ2) is 12.8. The van der Waals surface area contributed by atoms with Crippen LogP contribution in [0.3, 0.4) is 0 Å². The van der Waals surface area contributed by atoms with Crippen LogP contribution in [-0.2, 0) is 4.79 Å². The van der Waals surface area contributed by atoms with E-state index in [1.165, 1.54) is 0 Å². The molecule has 0 aromatic heterocycles. The molecule has 0 saturated carbocycles. The summed E-state index contributed by atoms with van der Waals surface area (Å²) in [6.45, 7) is 9.07. The maximum atomic E-state index is 12.4. The Morgan fingerprint density at radius 1 is 1.26 bits per heavy atom. The minimum atomic E-state index is 0. The molecule has 0 spiro atoms. The number of aliphatic imine (C=N–C) groups is 1. The Morgan fingerprint density at radius 2 is 1.87 bits per heavy atom. The summed E-state index contributed by atoms with van der Waals surface area (Å²) >= 11 is 0. The zero-order chi connectivity index (χ0) is 16.4. The maximum Gasteiger partial charge on any atom is 0.225 e. The number of aliphatic hydroxyl groups excluding tert-OH is 1. The third kappa shape index (κ3) is 7.69. The SMILES string of the molecule is CCNC(=NCCO)NC1CCN(C(=O)C(CC)CC)CC1.I. The first kappa shape index (κ1) is 22.4. The van der Waals surface area contributed by atoms with E-state index in [0.717, 1.165) is 51.3 Å². The van der Waals surface area contributed by atoms with E-state index < -0.39 is 0 Å². The summed E-state index contributed by atoms with van der Waals surface area (Å²) in [6, 6.07) is 0.335. The van der Waals surface area contributed by atoms with Gasteiger partial charge >= 0.3 is 0 Å². The molecule has 1 aliphatic rings. The highest BCUT2D eigenvalue weighted by molar-refractivity contribution is 14.0. The van der Waals surface area contributed by atoms with Crippen LogP contribution in [0.1, 0.15) is 46.5 Å². The number of amides is 1. The zero-order valence-electron chi connectivity index (χ0n) is 14.7. The van der Waals surface area contributed by atoms with Crippen LogP contribution >= 0.6 is 24.0 Å². The van der Waals surface area contributed by atoms with E-state index in [-0.39, 0.29) is 36.5 Å². The van der Waals surface area contributed by atoms with E-state index in [1.807, 2.05) is 11.8 Å². The molecule has 1 heterocycles. The Labute approximate surface area is 157 Å². The van der Waals surface area contributed by atoms with Gasteiger partial charge in [-0.15, -0.1) is 24.0 Å². The van der Waals surface area contributed by atoms with Crippen molar-refractivity contribution in [2.24, 2.45) is 10.9 Å². The molecule has 1 saturated heterocycles. The van der Waals surface area contributed by atoms with Crippen LogP contribution < -0.4 is 10.6 Å². The standard InChI is InChI=1S/C16H32N4O2.HI/c1-4-13(5-2)15(22)20-10-7-14(8-11-20)19-16(17-6-3)18-9-12-21;/h13-14,21H,4-12H2,1-3H3,(H2,17,18,19);1H. The number of hydrogen-bond acceptors (Lipinski definition) is 3. The summed E-state index contributed by atoms with van der Waals surface area (Å²) in [5, 5.41) is 15.5. The van der Waals surface area contributed by atoms with Gasteiger partial charge in [0.1, 0.15) is 0 Å². The molecule has 1 amide bonds. The topological polar surface area (TPSA) is 77.0 Å². The average molecular weight is 440 g/mol. The van der Waals surface area contributed by atoms with Crippen molar-refractivity contribution < 1.29 is 9.90 Å². The van der Waals surface area contributed by atoms with Gasteiger partial charge in [0.2, 0.25) is 5.91 Å². The number of likely N-dealkylation sites (tertiary alicyclic amines) is 1. The molecular weight excluding hydrogens is 407 g/mol. The van der Waals surface area contributed by atoms with Crippen molar-refractivity contribution in [2.45, 2.75) is 52.5 Å². The zero-order valence-corrected chi connectivity index (χ0v) is 17.0. The number of hydrogen-bond donors (Lipinski definition) is 3. The first-order valence-electron chi connectivity index (χ1n) is 8.60. The lowest BCUT2D eigenvalue weighted by atomic mass is 9.98. The van der Waals surface area contributed by atoms with E-state index in [0.29, 0.717) is 18.5 Å². The first-order chi connectivity index (χ1) is 10.7. The number of nitrogens with one attached hydrogen (secondary N) is 2. The number of carbonyl (C=O) groups excluding carboxylic acids is 1. The number of carbonyl (C=O) groups is 1. The molecule has 0 aromatic carbocycles. The Morgan fingerprint density at radius 3 is 2.35 bits per heavy atom. The van der Waals surface area contributed by atoms with Crippen LogP contribution in [0, 0.1) is 5.92 Å². The molecule has 0 atom stereocenters. The molecule has 1 aliphatic heterocycles. The minimum Gasteiger partial charge on any atom is -0.394 e. The molecule has 0 aliphatic carbocycles. The molecule has 136 valence electrons. The second-order valence-corrected chi connectivity index (χ2v) is 5.74. The Hall–Kier alpha value is -0.570. The van der Waals surface area contributed by atoms with Gasteiger partial charge in [0.15, 0.2) is 5.96 Å². The molecule has 0 unspecified atom stereocenters. The highest BCUT2D eigenvalue weighted by Crippen LogP contribution is 2.17. The predicted octanol–water partition coefficient (Wildman–Crippen LogP) is 1.58. The molecule has 3 N–H and O–H groups in total. The van der Waals surface area contributed by atoms with Crippen molar-refractivity contribution in [3.8, 4) is 0 Å². The van der Waals surface area contributed by atoms with Crippen molar-refractivity contribution in [1.82, 2.24) is 15.5 Å². The lowest BCUT2D eigenvalue weighted by Gasteiger charge is -2.34. The third-order valence-corrected chi connectivity index (χ3v) is 4.20. The summed E-state index contributed by atoms with van der Waals surface area (Å²) < 4.78 is 0. The second-order valence-electron chi connectivity index (χ2n) is 5.74. The van der Waals surface area contributed by atoms with Gasteiger partial charge in [-0.05, 0) is 32.6 Å². The molecule has 0 radical (unpaired) electrons. The number of halogens is 1. The normalized spacial score (nSPS) is 16.2. The van der Waals surface area contributed by atoms with Crippen LogP contribution in [0.5, 0.6) is 0 Å². The average Bonchev–Trinajstić information content (AvgIpc) is 2.54. The molecule has 0 aromatic rings. The van der Waals surface area contributed by atoms with Gasteiger partial charge < -0.3 is 20.6 Å². The smallest absolute Gasteiger partial charge is 0.225 e. The molecular formula is C16H33IN4O2. The molecule has 0 bridgehead atoms. The summed E-state index contributed by atoms with van der Waals surface area (Å²) in [5.74, 6) is 1.23. The lowest BCUT2D eigenvalue weighted by molar-refractivity contribution is -0.136. The van der Waals surface area contributed by atoms with Crippen molar-refractivity contribution in [1.29, 1.82) is 0 Å². The fraction of sp³-hybridized carbons (Fsp3) is 0.875. The number of guanidine groups is 1. The number of nitrogens with zero attached hydrogens (tertiary/aromatic N) is 2. The largest absolute Gasteiger partial charge is 0.394 e. The van der Waals surface area contributed by atoms with E-state index in [9.17, 15) is 4.79 Å². The molecule has 7 heteroatoms. The van der Waals surface area contributed by atoms with Crippen LogP contribution in [0.2, 0.25) is 0 Å². The van der Waals surface area contributed by atoms with Crippen LogP contribution in [-0.4, -0.2) is 60.7 Å². The number of aliphatic hydroxyl groups is 1. The molecule has 1 rings (SSSR count). The Balaban J connectivity index is 0.00000484. The fourth-order valence-corrected chi connectivity index (χ4v) is 2.82. The molecule has 23 heavy (non-hydrogen) atoms. The van der Waals surface area contributed by atoms with E-state index in [4.69, 9.17) is 5.11 Å². The summed E-state index contributed by atoms with van der Waals surface area (Å²) in [7, 11) is 0. The van der Waals surface area contributed by atoms with Crippen molar-refractivity contribution >= 4 is 35.8 Å². The van der Waals surface area contributed by atoms with Gasteiger partial charge in [0, 0.05) is 31.6 Å². The molecule has 6 nitrogen and oxygen atoms in total. The quantitative estimate of drug-likeness (QED) is 0.319. The van der Waals surface area contributed by atoms with E-state index in [2.05, 4.69) is 29.5 Å². The summed E-state index contributed by atoms with van der Waals surface area (Å²) in [4.78, 5) is 18.7. The van der Waals surface area contributed by atoms with E-state index in [1.54, 1.807) is 0 Å². The molecule has 1 fully saturated rings. The monoisotopic (exact) mass is 440 g/mol. The van der Waals surface area contributed by atoms with Gasteiger partial charge in [-0.25, -0.2) is 0 Å². The fourth-order valence-electron chi connectivity index (χ4n) is 2.82. The predicted molar refractivity (Wildman–Crippen MR) is 105 cm³/mol. The van der Waals surface area contributed by atoms with Gasteiger partial charge in [0.05, 0.1) is 13.2 Å². The van der Waals surface area contributed by atoms with Gasteiger partial charge in [-0.2, -0.15) is 0 Å². The van der Waals surface area contributed by atoms with Crippen molar-refractivity contribution in [3.05, 3.63) is 0 Å². The Kier molecular flexibility index (Phi) is 12.5. The van der Waals surface area contributed by atoms with Crippen LogP contribution in [0.15, 0.2) is 4.99 Å². The number of rotatable bonds is 7. The van der Waals surface area contributed by atoms with Gasteiger partial charge in [0.25, 0.3) is 0 Å². The van der Waals surface area contributed by atoms with Crippen molar-refractivity contribution in [3.63, 3.8) is 0 Å². The highest BCUT2D eigenvalue weighted by atomic mass is 127. The minimum absolute atomic E-state index is 0. The lowest BCUT2D eigenvalue weighted by Crippen LogP contribution is -2.50. The van der Waals surface area contributed by atoms with Gasteiger partial charge in [-0.1, -0.05) is 13.8 Å². The first-order valence-corrected chi connectivity index (χ1v) is 8.60. The van der Waals surface area contributed by atoms with Gasteiger partial charge in [-0.3, -0.25) is 9.79 Å². The van der Waals surface area contributed by atoms with Crippen LogP contribution in [0.4, 0.5) is 0 Å². The van der Waals surface area contributed by atoms with Crippen LogP contribution in [0.25, 0.3) is 0 Å². The highest BCUT2D eigenvalue weighted by Gasteiger charge is 2.26. The van der Waals surface area contributed by atoms with Crippen molar-refractivity contribution in [2.75, 3.05) is 32.8 Å². The maximum absolute atomic E-state index is 12.4. The summed E-state index contributed by atoms with van der Waals surface area (Å²) in [5.41, 5.74) is 0. The summed E-state index contributed by atoms with van der Waals surface area (Å²) in [6.07, 6.45) is 3.72.